The molecule has 3 nitrogen and oxygen atoms in total. The van der Waals surface area contributed by atoms with Gasteiger partial charge in [0.15, 0.2) is 0 Å². The van der Waals surface area contributed by atoms with Crippen molar-refractivity contribution in [2.45, 2.75) is 194 Å². The van der Waals surface area contributed by atoms with Crippen molar-refractivity contribution in [2.75, 3.05) is 0 Å². The first-order valence-electron chi connectivity index (χ1n) is 23.7. The molecule has 0 spiro atoms. The first-order chi connectivity index (χ1) is 28.5. The molecule has 0 aliphatic carbocycles. The van der Waals surface area contributed by atoms with Crippen LogP contribution in [-0.2, 0) is 17.4 Å². The number of aryl methyl sites for hydroxylation is 2. The van der Waals surface area contributed by atoms with Crippen molar-refractivity contribution in [3.8, 4) is 28.0 Å². The summed E-state index contributed by atoms with van der Waals surface area (Å²) >= 11 is 0. The van der Waals surface area contributed by atoms with E-state index >= 15 is 0 Å². The maximum atomic E-state index is 11.1. The summed E-state index contributed by atoms with van der Waals surface area (Å²) < 4.78 is 10.3. The minimum atomic E-state index is -2.15. The number of benzene rings is 4. The van der Waals surface area contributed by atoms with Crippen molar-refractivity contribution in [1.82, 2.24) is 0 Å². The minimum Gasteiger partial charge on any atom is -0.507 e. The third-order valence-corrected chi connectivity index (χ3v) is 12.4. The van der Waals surface area contributed by atoms with Gasteiger partial charge in [0.25, 0.3) is 0 Å². The van der Waals surface area contributed by atoms with Gasteiger partial charge in [-0.3, -0.25) is 0 Å². The number of unbranched alkanes of at least 4 members (excludes halogenated alkanes) is 24. The molecule has 0 aromatic heterocycles. The molecular formula is C54H80O3P+. The molecule has 318 valence electrons. The average Bonchev–Trinajstić information content (AvgIpc) is 3.25. The molecule has 0 bridgehead atoms. The second-order valence-electron chi connectivity index (χ2n) is 16.7. The molecule has 4 aromatic rings. The van der Waals surface area contributed by atoms with Crippen molar-refractivity contribution in [3.63, 3.8) is 0 Å². The zero-order chi connectivity index (χ0) is 41.3. The van der Waals surface area contributed by atoms with Crippen LogP contribution in [0.4, 0.5) is 0 Å². The van der Waals surface area contributed by atoms with Gasteiger partial charge in [0, 0.05) is 5.56 Å². The highest BCUT2D eigenvalue weighted by molar-refractivity contribution is 7.47. The first-order valence-corrected chi connectivity index (χ1v) is 25.0. The van der Waals surface area contributed by atoms with Crippen LogP contribution in [-0.4, -0.2) is 10.00 Å². The van der Waals surface area contributed by atoms with Crippen molar-refractivity contribution >= 4 is 13.3 Å². The summed E-state index contributed by atoms with van der Waals surface area (Å²) in [5, 5.41) is 11.6. The lowest BCUT2D eigenvalue weighted by atomic mass is 9.91. The predicted molar refractivity (Wildman–Crippen MR) is 254 cm³/mol. The third-order valence-electron chi connectivity index (χ3n) is 11.6. The molecule has 2 N–H and O–H groups in total. The van der Waals surface area contributed by atoms with Crippen LogP contribution in [0.25, 0.3) is 22.3 Å². The monoisotopic (exact) mass is 808 g/mol. The zero-order valence-corrected chi connectivity index (χ0v) is 37.7. The summed E-state index contributed by atoms with van der Waals surface area (Å²) in [6.07, 6.45) is 38.4. The molecular weight excluding hydrogens is 728 g/mol. The zero-order valence-electron chi connectivity index (χ0n) is 36.8. The van der Waals surface area contributed by atoms with Crippen LogP contribution in [0.1, 0.15) is 192 Å². The maximum absolute atomic E-state index is 11.1. The molecule has 58 heavy (non-hydrogen) atoms. The quantitative estimate of drug-likeness (QED) is 0.0393. The largest absolute Gasteiger partial charge is 0.546 e. The fourth-order valence-corrected chi connectivity index (χ4v) is 8.54. The number of phenolic OH excluding ortho intramolecular Hbond substituents is 1. The number of aromatic hydroxyl groups is 1. The summed E-state index contributed by atoms with van der Waals surface area (Å²) in [6, 6.07) is 32.5. The molecule has 0 heterocycles. The average molecular weight is 808 g/mol. The minimum absolute atomic E-state index is 0.373. The van der Waals surface area contributed by atoms with Gasteiger partial charge in [-0.2, -0.15) is 4.89 Å². The van der Waals surface area contributed by atoms with E-state index in [4.69, 9.17) is 4.89 Å². The van der Waals surface area contributed by atoms with Gasteiger partial charge >= 0.3 is 8.03 Å². The smallest absolute Gasteiger partial charge is 0.507 e. The third kappa shape index (κ3) is 21.7. The highest BCUT2D eigenvalue weighted by Crippen LogP contribution is 2.39. The fourth-order valence-electron chi connectivity index (χ4n) is 8.11. The highest BCUT2D eigenvalue weighted by Gasteiger charge is 2.14. The standard InChI is InChI=1S/C48H74O.C6H5O2P/c1-3-5-7-9-11-13-15-17-19-21-23-25-27-32-42-34-29-36-44(40-42)46-38-31-39-47(49)48(46)45-37-30-35-43(41-45)33-28-26-24-22-20-18-16-14-12-10-8-6-4-2;7-9(8)6-4-2-1-3-5-6/h29-31,34-41,49H,3-28,32-33H2,1-2H3;1-5H/p+1. The van der Waals surface area contributed by atoms with E-state index in [0.717, 1.165) is 29.5 Å². The molecule has 0 amide bonds. The molecule has 0 aliphatic rings. The van der Waals surface area contributed by atoms with Crippen molar-refractivity contribution in [2.24, 2.45) is 0 Å². The van der Waals surface area contributed by atoms with Gasteiger partial charge in [-0.15, -0.1) is 0 Å². The Morgan fingerprint density at radius 3 is 1.21 bits per heavy atom. The van der Waals surface area contributed by atoms with E-state index in [9.17, 15) is 9.67 Å². The molecule has 4 heteroatoms. The van der Waals surface area contributed by atoms with Gasteiger partial charge in [-0.1, -0.05) is 247 Å². The number of hydrogen-bond donors (Lipinski definition) is 2. The van der Waals surface area contributed by atoms with Gasteiger partial charge in [-0.25, -0.2) is 0 Å². The Bertz CT molecular complexity index is 1620. The maximum Gasteiger partial charge on any atom is 0.546 e. The lowest BCUT2D eigenvalue weighted by Gasteiger charge is -2.14. The van der Waals surface area contributed by atoms with Crippen LogP contribution in [0.2, 0.25) is 0 Å². The lowest BCUT2D eigenvalue weighted by molar-refractivity contribution is 0.477. The Balaban J connectivity index is 0.000000878. The molecule has 4 rings (SSSR count). The summed E-state index contributed by atoms with van der Waals surface area (Å²) in [5.74, 6) is 0.373. The van der Waals surface area contributed by atoms with E-state index in [1.54, 1.807) is 24.3 Å². The Morgan fingerprint density at radius 2 is 0.793 bits per heavy atom. The highest BCUT2D eigenvalue weighted by atomic mass is 31.1. The Kier molecular flexibility index (Phi) is 27.6. The normalized spacial score (nSPS) is 11.3. The summed E-state index contributed by atoms with van der Waals surface area (Å²) in [7, 11) is -2.15. The Hall–Kier alpha value is -3.26. The van der Waals surface area contributed by atoms with Gasteiger partial charge in [0.05, 0.1) is 0 Å². The second-order valence-corrected chi connectivity index (χ2v) is 17.8. The van der Waals surface area contributed by atoms with Crippen LogP contribution >= 0.6 is 8.03 Å². The molecule has 0 saturated heterocycles. The van der Waals surface area contributed by atoms with Gasteiger partial charge < -0.3 is 5.11 Å². The topological polar surface area (TPSA) is 57.5 Å². The van der Waals surface area contributed by atoms with E-state index in [-0.39, 0.29) is 0 Å². The second kappa shape index (κ2) is 32.6. The van der Waals surface area contributed by atoms with E-state index in [1.807, 2.05) is 18.2 Å². The summed E-state index contributed by atoms with van der Waals surface area (Å²) in [5.41, 5.74) is 7.22. The number of phenols is 1. The number of hydrogen-bond acceptors (Lipinski definition) is 2. The lowest BCUT2D eigenvalue weighted by Crippen LogP contribution is -1.92. The first kappa shape index (κ1) is 49.1. The fraction of sp³-hybridized carbons (Fsp3) is 0.556. The van der Waals surface area contributed by atoms with Crippen LogP contribution in [0, 0.1) is 0 Å². The van der Waals surface area contributed by atoms with Crippen LogP contribution in [0.15, 0.2) is 97.1 Å². The van der Waals surface area contributed by atoms with Crippen LogP contribution in [0.5, 0.6) is 5.75 Å². The Morgan fingerprint density at radius 1 is 0.414 bits per heavy atom. The molecule has 4 aromatic carbocycles. The predicted octanol–water partition coefficient (Wildman–Crippen LogP) is 17.0. The summed E-state index contributed by atoms with van der Waals surface area (Å²) in [4.78, 5) is 8.53. The van der Waals surface area contributed by atoms with E-state index in [2.05, 4.69) is 68.4 Å². The molecule has 1 unspecified atom stereocenters. The van der Waals surface area contributed by atoms with E-state index < -0.39 is 8.03 Å². The van der Waals surface area contributed by atoms with Gasteiger partial charge in [0.1, 0.15) is 5.75 Å². The molecule has 0 fully saturated rings. The molecule has 1 atom stereocenters. The Labute approximate surface area is 356 Å². The molecule has 0 aliphatic heterocycles. The van der Waals surface area contributed by atoms with Crippen molar-refractivity contribution in [1.29, 1.82) is 0 Å². The van der Waals surface area contributed by atoms with Crippen molar-refractivity contribution in [3.05, 3.63) is 108 Å². The van der Waals surface area contributed by atoms with E-state index in [0.29, 0.717) is 11.1 Å². The molecule has 0 saturated carbocycles. The van der Waals surface area contributed by atoms with Gasteiger partial charge in [0.2, 0.25) is 5.30 Å². The van der Waals surface area contributed by atoms with Crippen LogP contribution < -0.4 is 5.30 Å². The molecule has 0 radical (unpaired) electrons. The van der Waals surface area contributed by atoms with Crippen LogP contribution in [0.3, 0.4) is 0 Å². The number of rotatable bonds is 31. The summed E-state index contributed by atoms with van der Waals surface area (Å²) in [6.45, 7) is 4.59. The SMILES string of the molecule is CCCCCCCCCCCCCCCc1cccc(-c2cccc(O)c2-c2cccc(CCCCCCCCCCCCCCC)c2)c1.O=[P+](O)c1ccccc1. The van der Waals surface area contributed by atoms with Crippen molar-refractivity contribution < 1.29 is 14.6 Å². The van der Waals surface area contributed by atoms with E-state index in [1.165, 1.54) is 184 Å². The van der Waals surface area contributed by atoms with Gasteiger partial charge in [-0.05, 0) is 76.3 Å².